The van der Waals surface area contributed by atoms with Gasteiger partial charge in [0.15, 0.2) is 25.2 Å². The summed E-state index contributed by atoms with van der Waals surface area (Å²) in [6, 6.07) is -1.49. The van der Waals surface area contributed by atoms with E-state index >= 15 is 0 Å². The summed E-state index contributed by atoms with van der Waals surface area (Å²) in [5, 5.41) is 126. The Balaban J connectivity index is 1.66. The average Bonchev–Trinajstić information content (AvgIpc) is 3.04. The van der Waals surface area contributed by atoms with E-state index in [4.69, 9.17) is 33.2 Å². The van der Waals surface area contributed by atoms with Gasteiger partial charge in [0.05, 0.1) is 25.9 Å². The zero-order valence-corrected chi connectivity index (χ0v) is 25.3. The molecule has 1 amide bonds. The summed E-state index contributed by atoms with van der Waals surface area (Å²) in [5.41, 5.74) is 0. The SMILES string of the molecule is CC(=O)N[C@H]1[C@H](O[C@@H]2[C@H](O)[C@@H](O[C@@H]3O[C@@H](C)[C@@H](O)[C@@H](O)[C@@H]3O)[C@H](O[C@H]3[C@H](O)[C@@H](O)[C@H](O)O[C@@H]3CO)O[C@@H]2CO)O[C@H](CO)[C@H](O)[C@@H]1O. The maximum absolute atomic E-state index is 11.9. The second kappa shape index (κ2) is 16.2. The molecule has 0 aliphatic carbocycles. The van der Waals surface area contributed by atoms with Gasteiger partial charge in [0.2, 0.25) is 5.91 Å². The molecule has 21 nitrogen and oxygen atoms in total. The van der Waals surface area contributed by atoms with Crippen molar-refractivity contribution < 1.29 is 99.2 Å². The van der Waals surface area contributed by atoms with Gasteiger partial charge in [0.1, 0.15) is 91.5 Å². The van der Waals surface area contributed by atoms with Crippen LogP contribution < -0.4 is 5.32 Å². The van der Waals surface area contributed by atoms with E-state index in [0.717, 1.165) is 6.92 Å². The number of rotatable bonds is 10. The summed E-state index contributed by atoms with van der Waals surface area (Å²) in [6.45, 7) is -0.131. The number of carbonyl (C=O) groups is 1. The molecule has 0 aromatic carbocycles. The van der Waals surface area contributed by atoms with Gasteiger partial charge in [-0.3, -0.25) is 4.79 Å². The second-order valence-electron chi connectivity index (χ2n) is 11.9. The van der Waals surface area contributed by atoms with Gasteiger partial charge in [-0.25, -0.2) is 0 Å². The van der Waals surface area contributed by atoms with E-state index in [1.165, 1.54) is 6.92 Å². The summed E-state index contributed by atoms with van der Waals surface area (Å²) in [4.78, 5) is 11.9. The van der Waals surface area contributed by atoms with Crippen molar-refractivity contribution in [2.45, 2.75) is 137 Å². The predicted molar refractivity (Wildman–Crippen MR) is 144 cm³/mol. The minimum Gasteiger partial charge on any atom is -0.394 e. The zero-order valence-electron chi connectivity index (χ0n) is 25.3. The molecule has 0 spiro atoms. The van der Waals surface area contributed by atoms with E-state index < -0.39 is 148 Å². The van der Waals surface area contributed by atoms with Crippen molar-refractivity contribution in [3.63, 3.8) is 0 Å². The molecule has 0 unspecified atom stereocenters. The van der Waals surface area contributed by atoms with Gasteiger partial charge in [-0.1, -0.05) is 0 Å². The van der Waals surface area contributed by atoms with Crippen LogP contribution in [0.1, 0.15) is 13.8 Å². The van der Waals surface area contributed by atoms with Crippen LogP contribution in [0.5, 0.6) is 0 Å². The highest BCUT2D eigenvalue weighted by atomic mass is 16.8. The van der Waals surface area contributed by atoms with Crippen LogP contribution in [0.15, 0.2) is 0 Å². The van der Waals surface area contributed by atoms with Crippen LogP contribution in [0.2, 0.25) is 0 Å². The molecule has 0 bridgehead atoms. The highest BCUT2D eigenvalue weighted by Crippen LogP contribution is 2.35. The topological polar surface area (TPSA) is 336 Å². The molecule has 4 saturated heterocycles. The number of aliphatic hydroxyl groups is 12. The predicted octanol–water partition coefficient (Wildman–Crippen LogP) is -8.58. The van der Waals surface area contributed by atoms with Crippen LogP contribution in [-0.4, -0.2) is 210 Å². The summed E-state index contributed by atoms with van der Waals surface area (Å²) >= 11 is 0. The first-order valence-electron chi connectivity index (χ1n) is 15.0. The lowest BCUT2D eigenvalue weighted by molar-refractivity contribution is -0.397. The maximum Gasteiger partial charge on any atom is 0.217 e. The van der Waals surface area contributed by atoms with Crippen molar-refractivity contribution in [3.05, 3.63) is 0 Å². The highest BCUT2D eigenvalue weighted by Gasteiger charge is 2.56. The van der Waals surface area contributed by atoms with Crippen LogP contribution in [-0.2, 0) is 38.0 Å². The van der Waals surface area contributed by atoms with Crippen LogP contribution in [0, 0.1) is 0 Å². The smallest absolute Gasteiger partial charge is 0.217 e. The largest absolute Gasteiger partial charge is 0.394 e. The van der Waals surface area contributed by atoms with Crippen LogP contribution in [0.3, 0.4) is 0 Å². The molecule has 0 aromatic heterocycles. The van der Waals surface area contributed by atoms with E-state index in [2.05, 4.69) is 5.32 Å². The van der Waals surface area contributed by atoms with Gasteiger partial charge < -0.3 is 99.8 Å². The van der Waals surface area contributed by atoms with Crippen molar-refractivity contribution in [3.8, 4) is 0 Å². The quantitative estimate of drug-likeness (QED) is 0.101. The number of hydrogen-bond acceptors (Lipinski definition) is 20. The molecule has 0 saturated carbocycles. The molecular formula is C26H45NO20. The van der Waals surface area contributed by atoms with Crippen molar-refractivity contribution in [1.82, 2.24) is 5.32 Å². The van der Waals surface area contributed by atoms with Crippen molar-refractivity contribution in [2.24, 2.45) is 0 Å². The number of aliphatic hydroxyl groups excluding tert-OH is 12. The fraction of sp³-hybridized carbons (Fsp3) is 0.962. The number of carbonyl (C=O) groups excluding carboxylic acids is 1. The Bertz CT molecular complexity index is 1010. The molecule has 4 heterocycles. The Kier molecular flexibility index (Phi) is 13.2. The molecular weight excluding hydrogens is 646 g/mol. The Morgan fingerprint density at radius 3 is 1.68 bits per heavy atom. The number of hydrogen-bond donors (Lipinski definition) is 13. The lowest BCUT2D eigenvalue weighted by atomic mass is 9.94. The third-order valence-corrected chi connectivity index (χ3v) is 8.57. The van der Waals surface area contributed by atoms with E-state index in [1.54, 1.807) is 0 Å². The zero-order chi connectivity index (χ0) is 34.9. The number of ether oxygens (including phenoxy) is 7. The molecule has 4 rings (SSSR count). The first-order valence-corrected chi connectivity index (χ1v) is 15.0. The van der Waals surface area contributed by atoms with Crippen LogP contribution >= 0.6 is 0 Å². The van der Waals surface area contributed by atoms with Gasteiger partial charge >= 0.3 is 0 Å². The first kappa shape index (κ1) is 38.5. The lowest BCUT2D eigenvalue weighted by Crippen LogP contribution is -2.69. The standard InChI is InChI=1S/C26H45NO20/c1-6-12(32)15(35)18(38)25(41-6)47-22-19(39)21(45-24-11(27-7(2)31)14(34)13(33)8(3-28)43-24)10(5-30)44-26(22)46-20-9(4-29)42-23(40)17(37)16(20)36/h6,8-26,28-30,32-40H,3-5H2,1-2H3,(H,27,31)/t6-,8+,9+,10+,11+,12+,13-,14+,15+,16+,17+,18-,19-,20+,21-,22+,23+,24-,25-,26-/m0/s1. The molecule has 4 aliphatic heterocycles. The van der Waals surface area contributed by atoms with Crippen LogP contribution in [0.25, 0.3) is 0 Å². The Morgan fingerprint density at radius 1 is 0.553 bits per heavy atom. The normalized spacial score (nSPS) is 51.0. The van der Waals surface area contributed by atoms with Crippen molar-refractivity contribution in [2.75, 3.05) is 19.8 Å². The first-order chi connectivity index (χ1) is 22.1. The monoisotopic (exact) mass is 691 g/mol. The van der Waals surface area contributed by atoms with Crippen LogP contribution in [0.4, 0.5) is 0 Å². The molecule has 0 radical (unpaired) electrons. The fourth-order valence-electron chi connectivity index (χ4n) is 5.88. The van der Waals surface area contributed by atoms with E-state index in [-0.39, 0.29) is 0 Å². The second-order valence-corrected chi connectivity index (χ2v) is 11.9. The third kappa shape index (κ3) is 8.04. The molecule has 0 aromatic rings. The Labute approximate surface area is 267 Å². The number of amides is 1. The molecule has 21 heteroatoms. The minimum atomic E-state index is -2.00. The van der Waals surface area contributed by atoms with E-state index in [0.29, 0.717) is 0 Å². The van der Waals surface area contributed by atoms with Gasteiger partial charge in [-0.15, -0.1) is 0 Å². The summed E-state index contributed by atoms with van der Waals surface area (Å²) < 4.78 is 39.4. The summed E-state index contributed by atoms with van der Waals surface area (Å²) in [5.74, 6) is -0.688. The van der Waals surface area contributed by atoms with E-state index in [9.17, 15) is 66.1 Å². The van der Waals surface area contributed by atoms with Crippen molar-refractivity contribution in [1.29, 1.82) is 0 Å². The molecule has 4 aliphatic rings. The summed E-state index contributed by atoms with van der Waals surface area (Å²) in [7, 11) is 0. The summed E-state index contributed by atoms with van der Waals surface area (Å²) in [6.07, 6.45) is -32.6. The molecule has 274 valence electrons. The van der Waals surface area contributed by atoms with Gasteiger partial charge in [-0.05, 0) is 6.92 Å². The molecule has 20 atom stereocenters. The lowest BCUT2D eigenvalue weighted by Gasteiger charge is -2.50. The van der Waals surface area contributed by atoms with Gasteiger partial charge in [-0.2, -0.15) is 0 Å². The average molecular weight is 692 g/mol. The van der Waals surface area contributed by atoms with Crippen molar-refractivity contribution >= 4 is 5.91 Å². The van der Waals surface area contributed by atoms with Gasteiger partial charge in [0, 0.05) is 6.92 Å². The maximum atomic E-state index is 11.9. The fourth-order valence-corrected chi connectivity index (χ4v) is 5.88. The van der Waals surface area contributed by atoms with Gasteiger partial charge in [0.25, 0.3) is 0 Å². The number of nitrogens with one attached hydrogen (secondary N) is 1. The Morgan fingerprint density at radius 2 is 1.09 bits per heavy atom. The van der Waals surface area contributed by atoms with E-state index in [1.807, 2.05) is 0 Å². The molecule has 4 fully saturated rings. The Hall–Kier alpha value is -1.29. The highest BCUT2D eigenvalue weighted by molar-refractivity contribution is 5.73. The molecule has 47 heavy (non-hydrogen) atoms. The molecule has 13 N–H and O–H groups in total. The third-order valence-electron chi connectivity index (χ3n) is 8.57. The minimum absolute atomic E-state index is 0.688.